The van der Waals surface area contributed by atoms with Gasteiger partial charge in [-0.25, -0.2) is 4.79 Å². The third-order valence-electron chi connectivity index (χ3n) is 4.38. The summed E-state index contributed by atoms with van der Waals surface area (Å²) in [5.74, 6) is 0.360. The molecule has 166 valence electrons. The predicted molar refractivity (Wildman–Crippen MR) is 127 cm³/mol. The van der Waals surface area contributed by atoms with Gasteiger partial charge >= 0.3 is 5.97 Å². The molecule has 3 heterocycles. The van der Waals surface area contributed by atoms with E-state index in [4.69, 9.17) is 4.74 Å². The number of carbonyl (C=O) groups is 2. The van der Waals surface area contributed by atoms with Crippen LogP contribution in [0.15, 0.2) is 22.7 Å². The van der Waals surface area contributed by atoms with Crippen LogP contribution in [0.25, 0.3) is 11.4 Å². The lowest BCUT2D eigenvalue weighted by molar-refractivity contribution is -0.113. The monoisotopic (exact) mass is 478 g/mol. The van der Waals surface area contributed by atoms with Gasteiger partial charge in [0.2, 0.25) is 5.91 Å². The summed E-state index contributed by atoms with van der Waals surface area (Å²) in [7, 11) is 0. The van der Waals surface area contributed by atoms with Crippen LogP contribution in [0.3, 0.4) is 0 Å². The van der Waals surface area contributed by atoms with Crippen LogP contribution in [0, 0.1) is 6.92 Å². The Labute approximate surface area is 194 Å². The van der Waals surface area contributed by atoms with Crippen molar-refractivity contribution in [2.45, 2.75) is 52.2 Å². The first-order valence-electron chi connectivity index (χ1n) is 10.2. The highest BCUT2D eigenvalue weighted by Gasteiger charge is 2.19. The summed E-state index contributed by atoms with van der Waals surface area (Å²) >= 11 is 4.43. The summed E-state index contributed by atoms with van der Waals surface area (Å²) in [6.07, 6.45) is 2.17. The zero-order valence-corrected chi connectivity index (χ0v) is 20.5. The summed E-state index contributed by atoms with van der Waals surface area (Å²) in [5.41, 5.74) is 1.45. The summed E-state index contributed by atoms with van der Waals surface area (Å²) in [4.78, 5) is 26.9. The number of ether oxygens (including phenoxy) is 1. The van der Waals surface area contributed by atoms with Crippen molar-refractivity contribution < 1.29 is 14.3 Å². The Balaban J connectivity index is 1.67. The molecule has 3 aromatic rings. The highest BCUT2D eigenvalue weighted by molar-refractivity contribution is 7.99. The maximum atomic E-state index is 12.5. The Morgan fingerprint density at radius 1 is 1.23 bits per heavy atom. The molecule has 0 saturated heterocycles. The molecule has 0 saturated carbocycles. The molecule has 3 aromatic heterocycles. The van der Waals surface area contributed by atoms with Crippen LogP contribution < -0.4 is 5.32 Å². The lowest BCUT2D eigenvalue weighted by Gasteiger charge is -2.07. The summed E-state index contributed by atoms with van der Waals surface area (Å²) in [6.45, 7) is 8.85. The maximum absolute atomic E-state index is 12.5. The van der Waals surface area contributed by atoms with Crippen LogP contribution in [0.1, 0.15) is 47.3 Å². The van der Waals surface area contributed by atoms with Gasteiger partial charge in [-0.15, -0.1) is 32.9 Å². The van der Waals surface area contributed by atoms with Crippen molar-refractivity contribution in [2.24, 2.45) is 0 Å². The molecule has 0 aromatic carbocycles. The Bertz CT molecular complexity index is 1050. The second-order valence-corrected chi connectivity index (χ2v) is 9.95. The minimum absolute atomic E-state index is 0.169. The lowest BCUT2D eigenvalue weighted by Crippen LogP contribution is -2.16. The van der Waals surface area contributed by atoms with E-state index in [1.807, 2.05) is 18.4 Å². The van der Waals surface area contributed by atoms with E-state index in [-0.39, 0.29) is 18.3 Å². The number of nitrogens with one attached hydrogen (secondary N) is 1. The smallest absolute Gasteiger partial charge is 0.341 e. The molecule has 31 heavy (non-hydrogen) atoms. The molecule has 0 spiro atoms. The van der Waals surface area contributed by atoms with Crippen LogP contribution >= 0.6 is 34.4 Å². The van der Waals surface area contributed by atoms with Crippen molar-refractivity contribution in [1.29, 1.82) is 0 Å². The number of amides is 1. The number of hydrogen-bond donors (Lipinski definition) is 1. The van der Waals surface area contributed by atoms with Crippen molar-refractivity contribution in [3.8, 4) is 11.4 Å². The number of rotatable bonds is 10. The minimum Gasteiger partial charge on any atom is -0.462 e. The zero-order valence-electron chi connectivity index (χ0n) is 18.1. The summed E-state index contributed by atoms with van der Waals surface area (Å²) < 4.78 is 7.10. The van der Waals surface area contributed by atoms with Crippen LogP contribution in [0.5, 0.6) is 0 Å². The lowest BCUT2D eigenvalue weighted by atomic mass is 10.2. The van der Waals surface area contributed by atoms with Gasteiger partial charge in [0.15, 0.2) is 11.0 Å². The topological polar surface area (TPSA) is 86.1 Å². The molecular weight excluding hydrogens is 452 g/mol. The van der Waals surface area contributed by atoms with E-state index in [1.165, 1.54) is 28.0 Å². The second kappa shape index (κ2) is 10.9. The number of carbonyl (C=O) groups excluding carboxylic acids is 2. The van der Waals surface area contributed by atoms with E-state index in [0.717, 1.165) is 29.1 Å². The van der Waals surface area contributed by atoms with Gasteiger partial charge in [-0.05, 0) is 39.3 Å². The molecule has 1 amide bonds. The number of hydrogen-bond acceptors (Lipinski definition) is 8. The van der Waals surface area contributed by atoms with E-state index in [9.17, 15) is 9.59 Å². The molecule has 0 atom stereocenters. The molecule has 0 aliphatic rings. The SMILES string of the molecule is CCCc1cc(-c2nnc(SCC(=O)Nc3sc(C)cc3C(=O)OCC)n2CC)cs1. The van der Waals surface area contributed by atoms with Gasteiger partial charge in [0.05, 0.1) is 17.9 Å². The van der Waals surface area contributed by atoms with Crippen molar-refractivity contribution in [1.82, 2.24) is 14.8 Å². The first-order valence-corrected chi connectivity index (χ1v) is 12.9. The van der Waals surface area contributed by atoms with E-state index in [0.29, 0.717) is 22.3 Å². The summed E-state index contributed by atoms with van der Waals surface area (Å²) in [5, 5.41) is 14.8. The fraction of sp³-hybridized carbons (Fsp3) is 0.429. The van der Waals surface area contributed by atoms with E-state index in [2.05, 4.69) is 33.9 Å². The molecule has 1 N–H and O–H groups in total. The standard InChI is InChI=1S/C21H26N4O3S3/c1-5-8-15-10-14(11-29-15)18-23-24-21(25(18)6-2)30-12-17(26)22-19-16(9-13(4)31-19)20(27)28-7-3/h9-11H,5-8,12H2,1-4H3,(H,22,26). The van der Waals surface area contributed by atoms with E-state index >= 15 is 0 Å². The average molecular weight is 479 g/mol. The van der Waals surface area contributed by atoms with Gasteiger partial charge < -0.3 is 14.6 Å². The van der Waals surface area contributed by atoms with Gasteiger partial charge in [-0.2, -0.15) is 0 Å². The zero-order chi connectivity index (χ0) is 22.4. The van der Waals surface area contributed by atoms with Crippen molar-refractivity contribution >= 4 is 51.3 Å². The first kappa shape index (κ1) is 23.5. The van der Waals surface area contributed by atoms with Gasteiger partial charge in [0, 0.05) is 27.2 Å². The van der Waals surface area contributed by atoms with Crippen LogP contribution in [-0.4, -0.2) is 39.0 Å². The number of aromatic nitrogens is 3. The van der Waals surface area contributed by atoms with Crippen LogP contribution in [0.2, 0.25) is 0 Å². The molecule has 3 rings (SSSR count). The van der Waals surface area contributed by atoms with Gasteiger partial charge in [-0.1, -0.05) is 25.1 Å². The average Bonchev–Trinajstić information content (AvgIpc) is 3.45. The van der Waals surface area contributed by atoms with Crippen molar-refractivity contribution in [3.05, 3.63) is 32.8 Å². The predicted octanol–water partition coefficient (Wildman–Crippen LogP) is 5.26. The normalized spacial score (nSPS) is 11.0. The van der Waals surface area contributed by atoms with Crippen LogP contribution in [0.4, 0.5) is 5.00 Å². The molecule has 0 unspecified atom stereocenters. The van der Waals surface area contributed by atoms with Crippen molar-refractivity contribution in [2.75, 3.05) is 17.7 Å². The van der Waals surface area contributed by atoms with E-state index in [1.54, 1.807) is 24.3 Å². The van der Waals surface area contributed by atoms with Gasteiger partial charge in [-0.3, -0.25) is 4.79 Å². The van der Waals surface area contributed by atoms with Gasteiger partial charge in [0.25, 0.3) is 0 Å². The maximum Gasteiger partial charge on any atom is 0.341 e. The molecule has 0 aliphatic heterocycles. The second-order valence-electron chi connectivity index (χ2n) is 6.76. The van der Waals surface area contributed by atoms with E-state index < -0.39 is 5.97 Å². The number of aryl methyl sites for hydroxylation is 2. The minimum atomic E-state index is -0.427. The third kappa shape index (κ3) is 5.75. The highest BCUT2D eigenvalue weighted by atomic mass is 32.2. The molecular formula is C21H26N4O3S3. The van der Waals surface area contributed by atoms with Crippen LogP contribution in [-0.2, 0) is 22.5 Å². The van der Waals surface area contributed by atoms with Gasteiger partial charge in [0.1, 0.15) is 5.00 Å². The third-order valence-corrected chi connectivity index (χ3v) is 7.31. The Morgan fingerprint density at radius 3 is 2.74 bits per heavy atom. The molecule has 0 radical (unpaired) electrons. The molecule has 7 nitrogen and oxygen atoms in total. The number of thiophene rings is 2. The van der Waals surface area contributed by atoms with Crippen molar-refractivity contribution in [3.63, 3.8) is 0 Å². The Morgan fingerprint density at radius 2 is 2.03 bits per heavy atom. The molecule has 0 bridgehead atoms. The quantitative estimate of drug-likeness (QED) is 0.316. The fourth-order valence-electron chi connectivity index (χ4n) is 3.03. The number of thioether (sulfide) groups is 1. The Hall–Kier alpha value is -2.17. The molecule has 10 heteroatoms. The highest BCUT2D eigenvalue weighted by Crippen LogP contribution is 2.30. The number of nitrogens with zero attached hydrogens (tertiary/aromatic N) is 3. The molecule has 0 fully saturated rings. The number of esters is 1. The first-order chi connectivity index (χ1) is 15.0. The largest absolute Gasteiger partial charge is 0.462 e. The Kier molecular flexibility index (Phi) is 8.28. The number of anilines is 1. The fourth-order valence-corrected chi connectivity index (χ4v) is 5.72. The summed E-state index contributed by atoms with van der Waals surface area (Å²) in [6, 6.07) is 3.90. The molecule has 0 aliphatic carbocycles.